The fraction of sp³-hybridized carbons (Fsp3) is 0.333. The average molecular weight is 199 g/mol. The lowest BCUT2D eigenvalue weighted by atomic mass is 10.2. The minimum atomic E-state index is 0.247. The predicted octanol–water partition coefficient (Wildman–Crippen LogP) is 1.95. The summed E-state index contributed by atoms with van der Waals surface area (Å²) in [7, 11) is 1.92. The maximum atomic E-state index is 8.22. The monoisotopic (exact) mass is 199 g/mol. The summed E-state index contributed by atoms with van der Waals surface area (Å²) in [5, 5.41) is 11.3. The summed E-state index contributed by atoms with van der Waals surface area (Å²) < 4.78 is 0. The van der Waals surface area contributed by atoms with Gasteiger partial charge in [0.05, 0.1) is 0 Å². The lowest BCUT2D eigenvalue weighted by Gasteiger charge is -2.01. The summed E-state index contributed by atoms with van der Waals surface area (Å²) in [5.74, 6) is 0.899. The van der Waals surface area contributed by atoms with Crippen LogP contribution in [0.15, 0.2) is 29.2 Å². The molecule has 4 heteroatoms. The third-order valence-corrected chi connectivity index (χ3v) is 2.58. The molecule has 0 saturated heterocycles. The van der Waals surface area contributed by atoms with Gasteiger partial charge in [0.1, 0.15) is 6.61 Å². The van der Waals surface area contributed by atoms with E-state index in [0.29, 0.717) is 0 Å². The van der Waals surface area contributed by atoms with Gasteiger partial charge < -0.3 is 5.32 Å². The van der Waals surface area contributed by atoms with Crippen molar-refractivity contribution in [1.29, 1.82) is 0 Å². The van der Waals surface area contributed by atoms with Gasteiger partial charge in [-0.15, -0.1) is 11.8 Å². The highest BCUT2D eigenvalue weighted by Gasteiger charge is 1.94. The van der Waals surface area contributed by atoms with E-state index in [0.717, 1.165) is 11.4 Å². The molecule has 1 rings (SSSR count). The lowest BCUT2D eigenvalue weighted by molar-refractivity contribution is -0.253. The van der Waals surface area contributed by atoms with Gasteiger partial charge in [0, 0.05) is 10.8 Å². The molecule has 13 heavy (non-hydrogen) atoms. The molecule has 0 fully saturated rings. The molecule has 0 aliphatic heterocycles. The maximum absolute atomic E-state index is 8.22. The lowest BCUT2D eigenvalue weighted by Crippen LogP contribution is -2.02. The van der Waals surface area contributed by atoms with Crippen LogP contribution in [0.2, 0.25) is 0 Å². The minimum Gasteiger partial charge on any atom is -0.311 e. The first kappa shape index (κ1) is 10.5. The van der Waals surface area contributed by atoms with E-state index in [2.05, 4.69) is 10.2 Å². The largest absolute Gasteiger partial charge is 0.311 e. The summed E-state index contributed by atoms with van der Waals surface area (Å²) in [6.07, 6.45) is 0. The van der Waals surface area contributed by atoms with Crippen LogP contribution in [0.25, 0.3) is 0 Å². The Morgan fingerprint density at radius 3 is 2.62 bits per heavy atom. The molecular weight excluding hydrogens is 186 g/mol. The molecule has 0 aliphatic carbocycles. The summed E-state index contributed by atoms with van der Waals surface area (Å²) >= 11 is 1.73. The number of thioether (sulfide) groups is 1. The van der Waals surface area contributed by atoms with E-state index in [1.807, 2.05) is 31.3 Å². The molecule has 1 aromatic carbocycles. The Kier molecular flexibility index (Phi) is 4.85. The zero-order chi connectivity index (χ0) is 9.52. The van der Waals surface area contributed by atoms with Crippen LogP contribution in [-0.4, -0.2) is 18.2 Å². The van der Waals surface area contributed by atoms with E-state index in [1.165, 1.54) is 4.90 Å². The fourth-order valence-corrected chi connectivity index (χ4v) is 1.55. The SMILES string of the molecule is CNCSc1ccc(COO)cc1. The van der Waals surface area contributed by atoms with E-state index in [4.69, 9.17) is 5.26 Å². The van der Waals surface area contributed by atoms with E-state index < -0.39 is 0 Å². The number of benzene rings is 1. The number of nitrogens with one attached hydrogen (secondary N) is 1. The second-order valence-electron chi connectivity index (χ2n) is 2.56. The Hall–Kier alpha value is -0.550. The van der Waals surface area contributed by atoms with Crippen molar-refractivity contribution >= 4 is 11.8 Å². The smallest absolute Gasteiger partial charge is 0.107 e. The van der Waals surface area contributed by atoms with Gasteiger partial charge in [-0.2, -0.15) is 0 Å². The first-order chi connectivity index (χ1) is 6.36. The Labute approximate surface area is 82.0 Å². The van der Waals surface area contributed by atoms with E-state index in [-0.39, 0.29) is 6.61 Å². The van der Waals surface area contributed by atoms with E-state index >= 15 is 0 Å². The topological polar surface area (TPSA) is 41.5 Å². The molecule has 0 atom stereocenters. The van der Waals surface area contributed by atoms with Crippen LogP contribution in [0.4, 0.5) is 0 Å². The van der Waals surface area contributed by atoms with Gasteiger partial charge in [-0.25, -0.2) is 4.89 Å². The second-order valence-corrected chi connectivity index (χ2v) is 3.61. The number of hydrogen-bond donors (Lipinski definition) is 2. The fourth-order valence-electron chi connectivity index (χ4n) is 0.912. The van der Waals surface area contributed by atoms with Gasteiger partial charge in [-0.1, -0.05) is 12.1 Å². The van der Waals surface area contributed by atoms with E-state index in [9.17, 15) is 0 Å². The van der Waals surface area contributed by atoms with Crippen LogP contribution in [0.1, 0.15) is 5.56 Å². The normalized spacial score (nSPS) is 10.3. The van der Waals surface area contributed by atoms with Crippen LogP contribution in [0.3, 0.4) is 0 Å². The molecule has 0 amide bonds. The molecule has 0 aromatic heterocycles. The quantitative estimate of drug-likeness (QED) is 0.329. The van der Waals surface area contributed by atoms with Crippen molar-refractivity contribution in [1.82, 2.24) is 5.32 Å². The molecule has 0 unspecified atom stereocenters. The highest BCUT2D eigenvalue weighted by molar-refractivity contribution is 7.99. The summed E-state index contributed by atoms with van der Waals surface area (Å²) in [5.41, 5.74) is 0.969. The highest BCUT2D eigenvalue weighted by atomic mass is 32.2. The van der Waals surface area contributed by atoms with Gasteiger partial charge in [-0.05, 0) is 24.7 Å². The first-order valence-corrected chi connectivity index (χ1v) is 4.98. The Bertz CT molecular complexity index is 238. The van der Waals surface area contributed by atoms with Gasteiger partial charge in [0.2, 0.25) is 0 Å². The number of rotatable bonds is 5. The van der Waals surface area contributed by atoms with Crippen molar-refractivity contribution in [2.45, 2.75) is 11.5 Å². The molecule has 3 nitrogen and oxygen atoms in total. The molecular formula is C9H13NO2S. The van der Waals surface area contributed by atoms with Gasteiger partial charge in [0.25, 0.3) is 0 Å². The summed E-state index contributed by atoms with van der Waals surface area (Å²) in [6.45, 7) is 0.247. The Morgan fingerprint density at radius 1 is 1.38 bits per heavy atom. The third-order valence-electron chi connectivity index (χ3n) is 1.54. The maximum Gasteiger partial charge on any atom is 0.107 e. The van der Waals surface area contributed by atoms with Crippen LogP contribution < -0.4 is 5.32 Å². The average Bonchev–Trinajstić information content (AvgIpc) is 2.17. The highest BCUT2D eigenvalue weighted by Crippen LogP contribution is 2.17. The van der Waals surface area contributed by atoms with Gasteiger partial charge >= 0.3 is 0 Å². The molecule has 0 spiro atoms. The number of hydrogen-bond acceptors (Lipinski definition) is 4. The summed E-state index contributed by atoms with van der Waals surface area (Å²) in [4.78, 5) is 5.23. The first-order valence-electron chi connectivity index (χ1n) is 3.99. The third kappa shape index (κ3) is 3.78. The molecule has 1 aromatic rings. The van der Waals surface area contributed by atoms with Crippen molar-refractivity contribution < 1.29 is 10.1 Å². The zero-order valence-electron chi connectivity index (χ0n) is 7.49. The van der Waals surface area contributed by atoms with Gasteiger partial charge in [0.15, 0.2) is 0 Å². The summed E-state index contributed by atoms with van der Waals surface area (Å²) in [6, 6.07) is 7.90. The Balaban J connectivity index is 2.48. The molecule has 2 N–H and O–H groups in total. The van der Waals surface area contributed by atoms with Crippen molar-refractivity contribution in [2.75, 3.05) is 12.9 Å². The van der Waals surface area contributed by atoms with E-state index in [1.54, 1.807) is 11.8 Å². The zero-order valence-corrected chi connectivity index (χ0v) is 8.30. The molecule has 0 bridgehead atoms. The molecule has 0 heterocycles. The molecule has 0 aliphatic rings. The van der Waals surface area contributed by atoms with Crippen molar-refractivity contribution in [2.24, 2.45) is 0 Å². The van der Waals surface area contributed by atoms with Crippen molar-refractivity contribution in [3.63, 3.8) is 0 Å². The van der Waals surface area contributed by atoms with Crippen molar-refractivity contribution in [3.05, 3.63) is 29.8 Å². The van der Waals surface area contributed by atoms with Crippen molar-refractivity contribution in [3.8, 4) is 0 Å². The predicted molar refractivity (Wildman–Crippen MR) is 53.6 cm³/mol. The minimum absolute atomic E-state index is 0.247. The second kappa shape index (κ2) is 5.99. The van der Waals surface area contributed by atoms with Crippen LogP contribution in [0, 0.1) is 0 Å². The van der Waals surface area contributed by atoms with Crippen LogP contribution >= 0.6 is 11.8 Å². The van der Waals surface area contributed by atoms with Crippen LogP contribution in [-0.2, 0) is 11.5 Å². The molecule has 0 saturated carbocycles. The Morgan fingerprint density at radius 2 is 2.08 bits per heavy atom. The standard InChI is InChI=1S/C9H13NO2S/c1-10-7-13-9-4-2-8(3-5-9)6-12-11/h2-5,10-11H,6-7H2,1H3. The van der Waals surface area contributed by atoms with Gasteiger partial charge in [-0.3, -0.25) is 5.26 Å². The molecule has 72 valence electrons. The van der Waals surface area contributed by atoms with Crippen LogP contribution in [0.5, 0.6) is 0 Å². The molecule has 0 radical (unpaired) electrons.